The molecule has 8 heteroatoms. The number of carbonyl (C=O) groups is 1. The molecule has 3 rings (SSSR count). The first-order valence-electron chi connectivity index (χ1n) is 7.63. The second-order valence-corrected chi connectivity index (χ2v) is 5.33. The Kier molecular flexibility index (Phi) is 4.89. The minimum Gasteiger partial charge on any atom is -0.496 e. The van der Waals surface area contributed by atoms with Gasteiger partial charge in [-0.15, -0.1) is 0 Å². The van der Waals surface area contributed by atoms with E-state index in [9.17, 15) is 4.79 Å². The van der Waals surface area contributed by atoms with Crippen molar-refractivity contribution in [3.8, 4) is 17.0 Å². The number of methoxy groups -OCH3 is 1. The Balaban J connectivity index is 1.66. The Morgan fingerprint density at radius 2 is 2.16 bits per heavy atom. The molecular weight excluding hydrogens is 320 g/mol. The summed E-state index contributed by atoms with van der Waals surface area (Å²) in [6, 6.07) is 9.35. The van der Waals surface area contributed by atoms with Gasteiger partial charge in [-0.05, 0) is 12.1 Å². The number of H-pyrrole nitrogens is 1. The predicted molar refractivity (Wildman–Crippen MR) is 94.5 cm³/mol. The number of hydrogen-bond acceptors (Lipinski definition) is 6. The molecule has 2 aromatic heterocycles. The Labute approximate surface area is 144 Å². The van der Waals surface area contributed by atoms with Crippen molar-refractivity contribution in [3.05, 3.63) is 48.9 Å². The zero-order valence-electron chi connectivity index (χ0n) is 13.9. The van der Waals surface area contributed by atoms with Crippen LogP contribution < -0.4 is 15.0 Å². The number of likely N-dealkylation sites (N-methyl/N-ethyl adjacent to an activating group) is 1. The van der Waals surface area contributed by atoms with Crippen molar-refractivity contribution in [2.75, 3.05) is 30.9 Å². The van der Waals surface area contributed by atoms with Crippen LogP contribution in [0.2, 0.25) is 0 Å². The number of para-hydroxylation sites is 1. The number of carbonyl (C=O) groups excluding carboxylic acids is 1. The lowest BCUT2D eigenvalue weighted by molar-refractivity contribution is -0.114. The molecule has 2 heterocycles. The fraction of sp³-hybridized carbons (Fsp3) is 0.176. The first-order valence-corrected chi connectivity index (χ1v) is 7.63. The summed E-state index contributed by atoms with van der Waals surface area (Å²) in [5.74, 6) is 1.59. The molecule has 0 aliphatic rings. The van der Waals surface area contributed by atoms with Crippen molar-refractivity contribution >= 4 is 17.5 Å². The molecule has 0 bridgehead atoms. The van der Waals surface area contributed by atoms with Gasteiger partial charge < -0.3 is 15.0 Å². The van der Waals surface area contributed by atoms with Crippen LogP contribution in [0.4, 0.5) is 11.6 Å². The van der Waals surface area contributed by atoms with Crippen LogP contribution in [-0.4, -0.2) is 46.8 Å². The highest BCUT2D eigenvalue weighted by Gasteiger charge is 2.12. The lowest BCUT2D eigenvalue weighted by atomic mass is 10.1. The van der Waals surface area contributed by atoms with E-state index in [1.54, 1.807) is 43.7 Å². The molecular formula is C17H18N6O2. The maximum atomic E-state index is 12.2. The molecule has 0 spiro atoms. The summed E-state index contributed by atoms with van der Waals surface area (Å²) < 4.78 is 5.34. The van der Waals surface area contributed by atoms with E-state index >= 15 is 0 Å². The van der Waals surface area contributed by atoms with Crippen molar-refractivity contribution < 1.29 is 9.53 Å². The number of aromatic amines is 1. The summed E-state index contributed by atoms with van der Waals surface area (Å²) in [6.07, 6.45) is 4.76. The fourth-order valence-corrected chi connectivity index (χ4v) is 2.36. The van der Waals surface area contributed by atoms with Crippen LogP contribution in [0, 0.1) is 0 Å². The van der Waals surface area contributed by atoms with Gasteiger partial charge in [0.25, 0.3) is 0 Å². The minimum absolute atomic E-state index is 0.134. The van der Waals surface area contributed by atoms with Crippen molar-refractivity contribution in [2.45, 2.75) is 0 Å². The zero-order chi connectivity index (χ0) is 17.6. The van der Waals surface area contributed by atoms with Crippen molar-refractivity contribution in [2.24, 2.45) is 0 Å². The van der Waals surface area contributed by atoms with E-state index in [4.69, 9.17) is 4.74 Å². The minimum atomic E-state index is -0.203. The van der Waals surface area contributed by atoms with Crippen LogP contribution in [-0.2, 0) is 4.79 Å². The van der Waals surface area contributed by atoms with Crippen molar-refractivity contribution in [3.63, 3.8) is 0 Å². The van der Waals surface area contributed by atoms with Gasteiger partial charge in [-0.3, -0.25) is 14.9 Å². The Hall–Kier alpha value is -3.42. The zero-order valence-corrected chi connectivity index (χ0v) is 13.9. The number of rotatable bonds is 6. The van der Waals surface area contributed by atoms with Gasteiger partial charge in [0.2, 0.25) is 5.91 Å². The summed E-state index contributed by atoms with van der Waals surface area (Å²) in [7, 11) is 3.38. The van der Waals surface area contributed by atoms with Crippen LogP contribution >= 0.6 is 0 Å². The van der Waals surface area contributed by atoms with Crippen LogP contribution in [0.15, 0.2) is 48.9 Å². The Morgan fingerprint density at radius 1 is 1.32 bits per heavy atom. The molecule has 1 amide bonds. The van der Waals surface area contributed by atoms with Gasteiger partial charge in [-0.2, -0.15) is 5.10 Å². The molecule has 0 saturated heterocycles. The topological polar surface area (TPSA) is 96.0 Å². The maximum Gasteiger partial charge on any atom is 0.245 e. The van der Waals surface area contributed by atoms with Gasteiger partial charge in [-0.1, -0.05) is 12.1 Å². The van der Waals surface area contributed by atoms with Crippen LogP contribution in [0.5, 0.6) is 5.75 Å². The summed E-state index contributed by atoms with van der Waals surface area (Å²) in [5, 5.41) is 9.79. The number of hydrogen-bond donors (Lipinski definition) is 2. The lowest BCUT2D eigenvalue weighted by Gasteiger charge is -2.16. The highest BCUT2D eigenvalue weighted by atomic mass is 16.5. The molecule has 8 nitrogen and oxygen atoms in total. The second-order valence-electron chi connectivity index (χ2n) is 5.33. The van der Waals surface area contributed by atoms with E-state index in [1.165, 1.54) is 0 Å². The molecule has 0 aliphatic heterocycles. The van der Waals surface area contributed by atoms with Crippen LogP contribution in [0.3, 0.4) is 0 Å². The number of aromatic nitrogens is 4. The molecule has 0 unspecified atom stereocenters. The number of benzene rings is 1. The third-order valence-electron chi connectivity index (χ3n) is 3.56. The fourth-order valence-electron chi connectivity index (χ4n) is 2.36. The summed E-state index contributed by atoms with van der Waals surface area (Å²) in [4.78, 5) is 22.0. The van der Waals surface area contributed by atoms with Gasteiger partial charge >= 0.3 is 0 Å². The van der Waals surface area contributed by atoms with E-state index in [2.05, 4.69) is 25.5 Å². The van der Waals surface area contributed by atoms with Gasteiger partial charge in [0.15, 0.2) is 5.82 Å². The molecule has 25 heavy (non-hydrogen) atoms. The number of amides is 1. The van der Waals surface area contributed by atoms with Crippen molar-refractivity contribution in [1.29, 1.82) is 0 Å². The van der Waals surface area contributed by atoms with E-state index in [0.717, 1.165) is 17.0 Å². The predicted octanol–water partition coefficient (Wildman–Crippen LogP) is 1.95. The molecule has 0 atom stereocenters. The summed E-state index contributed by atoms with van der Waals surface area (Å²) in [6.45, 7) is 0.134. The average Bonchev–Trinajstić information content (AvgIpc) is 3.10. The van der Waals surface area contributed by atoms with Gasteiger partial charge in [0, 0.05) is 31.1 Å². The van der Waals surface area contributed by atoms with Gasteiger partial charge in [0.05, 0.1) is 25.5 Å². The Morgan fingerprint density at radius 3 is 2.92 bits per heavy atom. The van der Waals surface area contributed by atoms with Crippen molar-refractivity contribution in [1.82, 2.24) is 20.2 Å². The molecule has 1 aromatic carbocycles. The molecule has 0 fully saturated rings. The number of anilines is 2. The molecule has 0 aliphatic carbocycles. The molecule has 3 aromatic rings. The van der Waals surface area contributed by atoms with Gasteiger partial charge in [0.1, 0.15) is 11.6 Å². The van der Waals surface area contributed by atoms with E-state index in [0.29, 0.717) is 11.6 Å². The average molecular weight is 338 g/mol. The van der Waals surface area contributed by atoms with E-state index in [1.807, 2.05) is 24.3 Å². The SMILES string of the molecule is COc1ccccc1-c1cc(NC(=O)CN(C)c2cnccn2)n[nH]1. The number of ether oxygens (including phenoxy) is 1. The van der Waals surface area contributed by atoms with E-state index < -0.39 is 0 Å². The summed E-state index contributed by atoms with van der Waals surface area (Å²) >= 11 is 0. The lowest BCUT2D eigenvalue weighted by Crippen LogP contribution is -2.30. The molecule has 2 N–H and O–H groups in total. The highest BCUT2D eigenvalue weighted by molar-refractivity contribution is 5.93. The monoisotopic (exact) mass is 338 g/mol. The normalized spacial score (nSPS) is 10.3. The van der Waals surface area contributed by atoms with Crippen LogP contribution in [0.25, 0.3) is 11.3 Å². The highest BCUT2D eigenvalue weighted by Crippen LogP contribution is 2.29. The molecule has 128 valence electrons. The first-order chi connectivity index (χ1) is 12.2. The standard InChI is InChI=1S/C17H18N6O2/c1-23(16-10-18-7-8-19-16)11-17(24)20-15-9-13(21-22-15)12-5-3-4-6-14(12)25-2/h3-10H,11H2,1-2H3,(H2,20,21,22,24). The summed E-state index contributed by atoms with van der Waals surface area (Å²) in [5.41, 5.74) is 1.63. The third kappa shape index (κ3) is 3.92. The Bertz CT molecular complexity index is 849. The largest absolute Gasteiger partial charge is 0.496 e. The maximum absolute atomic E-state index is 12.2. The van der Waals surface area contributed by atoms with Crippen LogP contribution in [0.1, 0.15) is 0 Å². The second kappa shape index (κ2) is 7.43. The number of nitrogens with zero attached hydrogens (tertiary/aromatic N) is 4. The quantitative estimate of drug-likeness (QED) is 0.713. The molecule has 0 radical (unpaired) electrons. The van der Waals surface area contributed by atoms with Gasteiger partial charge in [-0.25, -0.2) is 4.98 Å². The smallest absolute Gasteiger partial charge is 0.245 e. The number of nitrogens with one attached hydrogen (secondary N) is 2. The third-order valence-corrected chi connectivity index (χ3v) is 3.56. The molecule has 0 saturated carbocycles. The first kappa shape index (κ1) is 16.4. The van der Waals surface area contributed by atoms with E-state index in [-0.39, 0.29) is 12.5 Å².